The molecule has 2 rings (SSSR count). The Kier molecular flexibility index (Phi) is 9.00. The number of hydrogen-bond acceptors (Lipinski definition) is 4. The average Bonchev–Trinajstić information content (AvgIpc) is 2.72. The Morgan fingerprint density at radius 3 is 1.97 bits per heavy atom. The summed E-state index contributed by atoms with van der Waals surface area (Å²) < 4.78 is 5.47. The summed E-state index contributed by atoms with van der Waals surface area (Å²) in [4.78, 5) is 36.7. The maximum atomic E-state index is 12.9. The van der Waals surface area contributed by atoms with Gasteiger partial charge in [-0.2, -0.15) is 0 Å². The van der Waals surface area contributed by atoms with Crippen LogP contribution in [0.4, 0.5) is 5.69 Å². The van der Waals surface area contributed by atoms with E-state index in [1.807, 2.05) is 32.9 Å². The second kappa shape index (κ2) is 11.5. The van der Waals surface area contributed by atoms with E-state index in [-0.39, 0.29) is 17.7 Å². The van der Waals surface area contributed by atoms with Gasteiger partial charge in [0.05, 0.1) is 5.92 Å². The first-order chi connectivity index (χ1) is 15.1. The molecule has 0 aromatic heterocycles. The van der Waals surface area contributed by atoms with Crippen molar-refractivity contribution in [2.75, 3.05) is 5.32 Å². The predicted molar refractivity (Wildman–Crippen MR) is 127 cm³/mol. The highest BCUT2D eigenvalue weighted by Crippen LogP contribution is 2.20. The molecule has 2 aromatic rings. The fourth-order valence-corrected chi connectivity index (χ4v) is 3.33. The minimum Gasteiger partial charge on any atom is -0.425 e. The normalized spacial score (nSPS) is 12.9. The van der Waals surface area contributed by atoms with Crippen LogP contribution in [0.25, 0.3) is 0 Å². The number of esters is 1. The van der Waals surface area contributed by atoms with Crippen LogP contribution < -0.4 is 15.4 Å². The number of hydrogen-bond donors (Lipinski definition) is 2. The lowest BCUT2D eigenvalue weighted by Crippen LogP contribution is -2.47. The van der Waals surface area contributed by atoms with Gasteiger partial charge >= 0.3 is 5.97 Å². The monoisotopic (exact) mass is 438 g/mol. The Balaban J connectivity index is 2.02. The van der Waals surface area contributed by atoms with Crippen molar-refractivity contribution in [3.05, 3.63) is 59.7 Å². The van der Waals surface area contributed by atoms with Crippen molar-refractivity contribution < 1.29 is 19.1 Å². The number of carbonyl (C=O) groups is 3. The highest BCUT2D eigenvalue weighted by atomic mass is 16.5. The molecule has 2 aromatic carbocycles. The molecule has 0 bridgehead atoms. The molecular formula is C26H34N2O4. The Labute approximate surface area is 190 Å². The number of nitrogens with one attached hydrogen (secondary N) is 2. The van der Waals surface area contributed by atoms with Crippen molar-refractivity contribution in [3.63, 3.8) is 0 Å². The van der Waals surface area contributed by atoms with Crippen LogP contribution in [0.5, 0.6) is 5.75 Å². The molecule has 0 fully saturated rings. The third-order valence-electron chi connectivity index (χ3n) is 5.13. The molecule has 0 aliphatic carbocycles. The van der Waals surface area contributed by atoms with Crippen molar-refractivity contribution >= 4 is 23.5 Å². The summed E-state index contributed by atoms with van der Waals surface area (Å²) in [5, 5.41) is 5.51. The number of anilines is 1. The van der Waals surface area contributed by atoms with E-state index in [0.717, 1.165) is 12.0 Å². The van der Waals surface area contributed by atoms with Gasteiger partial charge in [0.25, 0.3) is 0 Å². The molecule has 0 unspecified atom stereocenters. The molecule has 6 nitrogen and oxygen atoms in total. The number of ether oxygens (including phenoxy) is 1. The lowest BCUT2D eigenvalue weighted by atomic mass is 9.95. The van der Waals surface area contributed by atoms with E-state index in [1.54, 1.807) is 24.3 Å². The van der Waals surface area contributed by atoms with E-state index in [9.17, 15) is 14.4 Å². The summed E-state index contributed by atoms with van der Waals surface area (Å²) >= 11 is 0. The Morgan fingerprint density at radius 2 is 1.47 bits per heavy atom. The maximum absolute atomic E-state index is 12.9. The SMILES string of the molecule is CC(=O)Nc1ccc(OC(=O)[C@@H](NC(=O)[C@@H](C)c2ccc(CC(C)C)cc2)C(C)C)cc1. The van der Waals surface area contributed by atoms with Gasteiger partial charge in [-0.05, 0) is 60.6 Å². The lowest BCUT2D eigenvalue weighted by Gasteiger charge is -2.23. The molecule has 0 saturated carbocycles. The van der Waals surface area contributed by atoms with Crippen molar-refractivity contribution in [1.82, 2.24) is 5.32 Å². The molecule has 0 spiro atoms. The third kappa shape index (κ3) is 7.52. The van der Waals surface area contributed by atoms with Gasteiger partial charge in [0.2, 0.25) is 11.8 Å². The van der Waals surface area contributed by atoms with Crippen LogP contribution in [0, 0.1) is 11.8 Å². The first-order valence-corrected chi connectivity index (χ1v) is 11.0. The first-order valence-electron chi connectivity index (χ1n) is 11.0. The molecular weight excluding hydrogens is 404 g/mol. The number of benzene rings is 2. The summed E-state index contributed by atoms with van der Waals surface area (Å²) in [5.74, 6) is -0.557. The minimum absolute atomic E-state index is 0.147. The summed E-state index contributed by atoms with van der Waals surface area (Å²) in [6.45, 7) is 11.3. The van der Waals surface area contributed by atoms with E-state index in [4.69, 9.17) is 4.74 Å². The number of amides is 2. The van der Waals surface area contributed by atoms with E-state index in [2.05, 4.69) is 36.6 Å². The van der Waals surface area contributed by atoms with Gasteiger partial charge in [0.1, 0.15) is 11.8 Å². The fraction of sp³-hybridized carbons (Fsp3) is 0.423. The molecule has 32 heavy (non-hydrogen) atoms. The first kappa shape index (κ1) is 25.1. The standard InChI is InChI=1S/C26H34N2O4/c1-16(2)15-20-7-9-21(10-8-20)18(5)25(30)28-24(17(3)4)26(31)32-23-13-11-22(12-14-23)27-19(6)29/h7-14,16-18,24H,15H2,1-6H3,(H,27,29)(H,28,30)/t18-,24-/m0/s1. The van der Waals surface area contributed by atoms with Gasteiger partial charge in [-0.15, -0.1) is 0 Å². The van der Waals surface area contributed by atoms with E-state index >= 15 is 0 Å². The zero-order valence-electron chi connectivity index (χ0n) is 19.8. The van der Waals surface area contributed by atoms with Crippen LogP contribution >= 0.6 is 0 Å². The Bertz CT molecular complexity index is 918. The van der Waals surface area contributed by atoms with Crippen molar-refractivity contribution in [2.24, 2.45) is 11.8 Å². The molecule has 2 amide bonds. The third-order valence-corrected chi connectivity index (χ3v) is 5.13. The van der Waals surface area contributed by atoms with E-state index < -0.39 is 17.9 Å². The molecule has 2 N–H and O–H groups in total. The molecule has 6 heteroatoms. The highest BCUT2D eigenvalue weighted by Gasteiger charge is 2.28. The predicted octanol–water partition coefficient (Wildman–Crippen LogP) is 4.69. The van der Waals surface area contributed by atoms with Crippen molar-refractivity contribution in [3.8, 4) is 5.75 Å². The lowest BCUT2D eigenvalue weighted by molar-refractivity contribution is -0.140. The van der Waals surface area contributed by atoms with Gasteiger partial charge < -0.3 is 15.4 Å². The summed E-state index contributed by atoms with van der Waals surface area (Å²) in [6, 6.07) is 13.8. The average molecular weight is 439 g/mol. The summed E-state index contributed by atoms with van der Waals surface area (Å²) in [7, 11) is 0. The molecule has 0 heterocycles. The minimum atomic E-state index is -0.778. The molecule has 0 aliphatic heterocycles. The zero-order valence-corrected chi connectivity index (χ0v) is 19.8. The summed E-state index contributed by atoms with van der Waals surface area (Å²) in [5.41, 5.74) is 2.75. The van der Waals surface area contributed by atoms with Gasteiger partial charge in [0, 0.05) is 12.6 Å². The van der Waals surface area contributed by atoms with Crippen molar-refractivity contribution in [2.45, 2.75) is 59.9 Å². The second-order valence-electron chi connectivity index (χ2n) is 8.92. The van der Waals surface area contributed by atoms with Crippen LogP contribution in [-0.2, 0) is 20.8 Å². The van der Waals surface area contributed by atoms with Crippen LogP contribution in [0.1, 0.15) is 58.6 Å². The van der Waals surface area contributed by atoms with E-state index in [1.165, 1.54) is 12.5 Å². The zero-order chi connectivity index (χ0) is 23.8. The second-order valence-corrected chi connectivity index (χ2v) is 8.92. The van der Waals surface area contributed by atoms with Crippen molar-refractivity contribution in [1.29, 1.82) is 0 Å². The Hall–Kier alpha value is -3.15. The van der Waals surface area contributed by atoms with Gasteiger partial charge in [0.15, 0.2) is 0 Å². The van der Waals surface area contributed by atoms with Crippen LogP contribution in [-0.4, -0.2) is 23.8 Å². The van der Waals surface area contributed by atoms with E-state index in [0.29, 0.717) is 17.4 Å². The number of carbonyl (C=O) groups excluding carboxylic acids is 3. The van der Waals surface area contributed by atoms with Gasteiger partial charge in [-0.1, -0.05) is 52.0 Å². The molecule has 172 valence electrons. The maximum Gasteiger partial charge on any atom is 0.334 e. The van der Waals surface area contributed by atoms with Gasteiger partial charge in [-0.25, -0.2) is 4.79 Å². The largest absolute Gasteiger partial charge is 0.425 e. The molecule has 0 radical (unpaired) electrons. The van der Waals surface area contributed by atoms with Crippen LogP contribution in [0.2, 0.25) is 0 Å². The van der Waals surface area contributed by atoms with Crippen LogP contribution in [0.3, 0.4) is 0 Å². The number of rotatable bonds is 9. The smallest absolute Gasteiger partial charge is 0.334 e. The fourth-order valence-electron chi connectivity index (χ4n) is 3.33. The van der Waals surface area contributed by atoms with Crippen LogP contribution in [0.15, 0.2) is 48.5 Å². The highest BCUT2D eigenvalue weighted by molar-refractivity contribution is 5.90. The summed E-state index contributed by atoms with van der Waals surface area (Å²) in [6.07, 6.45) is 0.994. The molecule has 0 aliphatic rings. The molecule has 0 saturated heterocycles. The topological polar surface area (TPSA) is 84.5 Å². The van der Waals surface area contributed by atoms with Gasteiger partial charge in [-0.3, -0.25) is 9.59 Å². The molecule has 2 atom stereocenters. The quantitative estimate of drug-likeness (QED) is 0.439. The Morgan fingerprint density at radius 1 is 0.875 bits per heavy atom.